The third kappa shape index (κ3) is 4.90. The van der Waals surface area contributed by atoms with Gasteiger partial charge in [-0.15, -0.1) is 10.2 Å². The van der Waals surface area contributed by atoms with E-state index in [2.05, 4.69) is 34.6 Å². The number of nitrogens with zero attached hydrogens (tertiary/aromatic N) is 2. The minimum atomic E-state index is -0.0555. The van der Waals surface area contributed by atoms with Gasteiger partial charge in [-0.05, 0) is 43.7 Å². The first-order chi connectivity index (χ1) is 12.1. The summed E-state index contributed by atoms with van der Waals surface area (Å²) in [7, 11) is 0. The number of carbonyl (C=O) groups excluding carboxylic acids is 1. The number of nitrogens with one attached hydrogen (secondary N) is 1. The van der Waals surface area contributed by atoms with Gasteiger partial charge in [-0.2, -0.15) is 0 Å². The number of aromatic nitrogens is 2. The Kier molecular flexibility index (Phi) is 5.46. The summed E-state index contributed by atoms with van der Waals surface area (Å²) in [6, 6.07) is 19.7. The van der Waals surface area contributed by atoms with Crippen molar-refractivity contribution >= 4 is 23.4 Å². The van der Waals surface area contributed by atoms with E-state index in [0.717, 1.165) is 27.5 Å². The van der Waals surface area contributed by atoms with Gasteiger partial charge in [0.15, 0.2) is 0 Å². The number of anilines is 1. The van der Waals surface area contributed by atoms with Gasteiger partial charge >= 0.3 is 0 Å². The standard InChI is InChI=1S/C20H19N3OS/c1-14-6-8-16(9-7-14)18-10-11-20(23-22-18)25-13-19(24)21-17-5-3-4-15(2)12-17/h3-12H,13H2,1-2H3,(H,21,24). The maximum Gasteiger partial charge on any atom is 0.234 e. The van der Waals surface area contributed by atoms with Crippen LogP contribution < -0.4 is 5.32 Å². The molecule has 0 atom stereocenters. The van der Waals surface area contributed by atoms with Crippen LogP contribution in [-0.2, 0) is 4.79 Å². The summed E-state index contributed by atoms with van der Waals surface area (Å²) in [5, 5.41) is 12.1. The average Bonchev–Trinajstić information content (AvgIpc) is 2.61. The zero-order valence-electron chi connectivity index (χ0n) is 14.2. The second-order valence-electron chi connectivity index (χ2n) is 5.83. The Balaban J connectivity index is 1.56. The van der Waals surface area contributed by atoms with Gasteiger partial charge < -0.3 is 5.32 Å². The van der Waals surface area contributed by atoms with Crippen LogP contribution in [-0.4, -0.2) is 21.9 Å². The molecule has 0 spiro atoms. The molecule has 0 aliphatic rings. The molecule has 0 saturated heterocycles. The molecule has 0 bridgehead atoms. The van der Waals surface area contributed by atoms with Crippen molar-refractivity contribution in [3.8, 4) is 11.3 Å². The lowest BCUT2D eigenvalue weighted by Crippen LogP contribution is -2.14. The molecule has 0 aliphatic heterocycles. The van der Waals surface area contributed by atoms with Crippen LogP contribution >= 0.6 is 11.8 Å². The molecule has 1 aromatic heterocycles. The summed E-state index contributed by atoms with van der Waals surface area (Å²) in [6.45, 7) is 4.05. The summed E-state index contributed by atoms with van der Waals surface area (Å²) >= 11 is 1.37. The first-order valence-electron chi connectivity index (χ1n) is 8.00. The lowest BCUT2D eigenvalue weighted by atomic mass is 10.1. The molecule has 1 amide bonds. The first kappa shape index (κ1) is 17.2. The van der Waals surface area contributed by atoms with Crippen molar-refractivity contribution in [1.29, 1.82) is 0 Å². The molecule has 3 rings (SSSR count). The van der Waals surface area contributed by atoms with Crippen LogP contribution in [0.3, 0.4) is 0 Å². The Bertz CT molecular complexity index is 861. The van der Waals surface area contributed by atoms with Crippen LogP contribution in [0.1, 0.15) is 11.1 Å². The maximum absolute atomic E-state index is 12.0. The van der Waals surface area contributed by atoms with Gasteiger partial charge in [0.1, 0.15) is 5.03 Å². The van der Waals surface area contributed by atoms with E-state index in [1.807, 2.05) is 55.5 Å². The predicted molar refractivity (Wildman–Crippen MR) is 103 cm³/mol. The van der Waals surface area contributed by atoms with E-state index >= 15 is 0 Å². The Morgan fingerprint density at radius 1 is 0.960 bits per heavy atom. The molecule has 0 fully saturated rings. The minimum Gasteiger partial charge on any atom is -0.325 e. The minimum absolute atomic E-state index is 0.0555. The average molecular weight is 349 g/mol. The molecule has 1 N–H and O–H groups in total. The molecule has 0 saturated carbocycles. The topological polar surface area (TPSA) is 54.9 Å². The van der Waals surface area contributed by atoms with E-state index in [1.54, 1.807) is 0 Å². The van der Waals surface area contributed by atoms with E-state index in [4.69, 9.17) is 0 Å². The largest absolute Gasteiger partial charge is 0.325 e. The van der Waals surface area contributed by atoms with Crippen molar-refractivity contribution < 1.29 is 4.79 Å². The zero-order valence-corrected chi connectivity index (χ0v) is 15.0. The third-order valence-electron chi connectivity index (χ3n) is 3.64. The SMILES string of the molecule is Cc1ccc(-c2ccc(SCC(=O)Nc3cccc(C)c3)nn2)cc1. The highest BCUT2D eigenvalue weighted by molar-refractivity contribution is 7.99. The van der Waals surface area contributed by atoms with Crippen LogP contribution in [0.5, 0.6) is 0 Å². The van der Waals surface area contributed by atoms with Gasteiger partial charge in [-0.1, -0.05) is 53.7 Å². The monoisotopic (exact) mass is 349 g/mol. The Hall–Kier alpha value is -2.66. The second-order valence-corrected chi connectivity index (χ2v) is 6.82. The van der Waals surface area contributed by atoms with Gasteiger partial charge in [0.05, 0.1) is 11.4 Å². The Labute approximate surface area is 151 Å². The number of benzene rings is 2. The number of hydrogen-bond donors (Lipinski definition) is 1. The van der Waals surface area contributed by atoms with E-state index < -0.39 is 0 Å². The summed E-state index contributed by atoms with van der Waals surface area (Å²) in [6.07, 6.45) is 0. The lowest BCUT2D eigenvalue weighted by molar-refractivity contribution is -0.113. The summed E-state index contributed by atoms with van der Waals surface area (Å²) in [4.78, 5) is 12.0. The lowest BCUT2D eigenvalue weighted by Gasteiger charge is -2.06. The van der Waals surface area contributed by atoms with Gasteiger partial charge in [-0.25, -0.2) is 0 Å². The molecule has 0 radical (unpaired) electrons. The smallest absolute Gasteiger partial charge is 0.234 e. The number of thioether (sulfide) groups is 1. The molecule has 3 aromatic rings. The maximum atomic E-state index is 12.0. The van der Waals surface area contributed by atoms with Crippen molar-refractivity contribution in [2.24, 2.45) is 0 Å². The Morgan fingerprint density at radius 2 is 1.76 bits per heavy atom. The molecule has 25 heavy (non-hydrogen) atoms. The first-order valence-corrected chi connectivity index (χ1v) is 8.99. The van der Waals surface area contributed by atoms with Crippen LogP contribution in [0.25, 0.3) is 11.3 Å². The molecule has 4 nitrogen and oxygen atoms in total. The van der Waals surface area contributed by atoms with Crippen molar-refractivity contribution in [2.45, 2.75) is 18.9 Å². The fourth-order valence-electron chi connectivity index (χ4n) is 2.33. The normalized spacial score (nSPS) is 10.5. The van der Waals surface area contributed by atoms with Crippen LogP contribution in [0, 0.1) is 13.8 Å². The van der Waals surface area contributed by atoms with Gasteiger partial charge in [0, 0.05) is 11.3 Å². The van der Waals surface area contributed by atoms with Gasteiger partial charge in [0.25, 0.3) is 0 Å². The summed E-state index contributed by atoms with van der Waals surface area (Å²) in [5.41, 5.74) is 5.00. The predicted octanol–water partition coefficient (Wildman–Crippen LogP) is 4.49. The van der Waals surface area contributed by atoms with Crippen molar-refractivity contribution in [3.05, 3.63) is 71.8 Å². The fraction of sp³-hybridized carbons (Fsp3) is 0.150. The molecule has 2 aromatic carbocycles. The molecule has 5 heteroatoms. The number of hydrogen-bond acceptors (Lipinski definition) is 4. The molecular weight excluding hydrogens is 330 g/mol. The molecule has 1 heterocycles. The number of amides is 1. The number of rotatable bonds is 5. The summed E-state index contributed by atoms with van der Waals surface area (Å²) in [5.74, 6) is 0.243. The zero-order chi connectivity index (χ0) is 17.6. The van der Waals surface area contributed by atoms with E-state index in [1.165, 1.54) is 17.3 Å². The molecule has 0 unspecified atom stereocenters. The van der Waals surface area contributed by atoms with E-state index in [0.29, 0.717) is 5.75 Å². The van der Waals surface area contributed by atoms with Crippen molar-refractivity contribution in [1.82, 2.24) is 10.2 Å². The van der Waals surface area contributed by atoms with Crippen LogP contribution in [0.4, 0.5) is 5.69 Å². The molecular formula is C20H19N3OS. The quantitative estimate of drug-likeness (QED) is 0.690. The van der Waals surface area contributed by atoms with Crippen LogP contribution in [0.2, 0.25) is 0 Å². The second kappa shape index (κ2) is 7.94. The number of aryl methyl sites for hydroxylation is 2. The fourth-order valence-corrected chi connectivity index (χ4v) is 2.95. The van der Waals surface area contributed by atoms with Crippen LogP contribution in [0.15, 0.2) is 65.7 Å². The van der Waals surface area contributed by atoms with Crippen molar-refractivity contribution in [2.75, 3.05) is 11.1 Å². The number of carbonyl (C=O) groups is 1. The van der Waals surface area contributed by atoms with Gasteiger partial charge in [-0.3, -0.25) is 4.79 Å². The third-order valence-corrected chi connectivity index (χ3v) is 4.56. The van der Waals surface area contributed by atoms with Gasteiger partial charge in [0.2, 0.25) is 5.91 Å². The molecule has 0 aliphatic carbocycles. The Morgan fingerprint density at radius 3 is 2.44 bits per heavy atom. The highest BCUT2D eigenvalue weighted by Crippen LogP contribution is 2.20. The summed E-state index contributed by atoms with van der Waals surface area (Å²) < 4.78 is 0. The van der Waals surface area contributed by atoms with E-state index in [-0.39, 0.29) is 5.91 Å². The van der Waals surface area contributed by atoms with E-state index in [9.17, 15) is 4.79 Å². The van der Waals surface area contributed by atoms with Crippen molar-refractivity contribution in [3.63, 3.8) is 0 Å². The molecule has 126 valence electrons. The highest BCUT2D eigenvalue weighted by Gasteiger charge is 2.06. The highest BCUT2D eigenvalue weighted by atomic mass is 32.2.